The van der Waals surface area contributed by atoms with Gasteiger partial charge in [-0.25, -0.2) is 0 Å². The maximum Gasteiger partial charge on any atom is 0.257 e. The van der Waals surface area contributed by atoms with Crippen LogP contribution in [-0.2, 0) is 9.53 Å². The maximum atomic E-state index is 11.9. The van der Waals surface area contributed by atoms with Gasteiger partial charge in [0.25, 0.3) is 5.91 Å². The van der Waals surface area contributed by atoms with Crippen LogP contribution in [0.1, 0.15) is 23.7 Å². The van der Waals surface area contributed by atoms with Gasteiger partial charge in [-0.3, -0.25) is 9.69 Å². The summed E-state index contributed by atoms with van der Waals surface area (Å²) in [5, 5.41) is 2.92. The molecule has 0 spiro atoms. The van der Waals surface area contributed by atoms with Crippen LogP contribution in [0.3, 0.4) is 0 Å². The molecule has 0 bridgehead atoms. The van der Waals surface area contributed by atoms with E-state index >= 15 is 0 Å². The maximum absolute atomic E-state index is 11.9. The summed E-state index contributed by atoms with van der Waals surface area (Å²) < 4.78 is 11.4. The number of rotatable bonds is 8. The number of carbonyl (C=O) groups excluding carboxylic acids is 1. The van der Waals surface area contributed by atoms with Gasteiger partial charge in [-0.05, 0) is 31.0 Å². The van der Waals surface area contributed by atoms with Gasteiger partial charge in [-0.1, -0.05) is 48.0 Å². The second-order valence-electron chi connectivity index (χ2n) is 6.88. The van der Waals surface area contributed by atoms with Crippen LogP contribution in [-0.4, -0.2) is 50.2 Å². The summed E-state index contributed by atoms with van der Waals surface area (Å²) in [6.45, 7) is 6.26. The Bertz CT molecular complexity index is 703. The van der Waals surface area contributed by atoms with E-state index in [0.717, 1.165) is 38.4 Å². The second kappa shape index (κ2) is 10.1. The molecule has 1 fully saturated rings. The Morgan fingerprint density at radius 1 is 1.19 bits per heavy atom. The fourth-order valence-electron chi connectivity index (χ4n) is 3.14. The molecule has 1 saturated heterocycles. The molecule has 0 unspecified atom stereocenters. The summed E-state index contributed by atoms with van der Waals surface area (Å²) >= 11 is 0. The molecule has 1 atom stereocenters. The summed E-state index contributed by atoms with van der Waals surface area (Å²) in [4.78, 5) is 14.3. The van der Waals surface area contributed by atoms with Crippen molar-refractivity contribution in [3.05, 3.63) is 65.7 Å². The molecule has 2 aromatic rings. The lowest BCUT2D eigenvalue weighted by molar-refractivity contribution is -0.123. The summed E-state index contributed by atoms with van der Waals surface area (Å²) in [5.41, 5.74) is 2.40. The smallest absolute Gasteiger partial charge is 0.257 e. The van der Waals surface area contributed by atoms with Crippen molar-refractivity contribution in [2.75, 3.05) is 39.4 Å². The minimum atomic E-state index is -0.0836. The molecule has 144 valence electrons. The van der Waals surface area contributed by atoms with E-state index in [9.17, 15) is 4.79 Å². The van der Waals surface area contributed by atoms with Crippen LogP contribution in [0.5, 0.6) is 5.75 Å². The highest BCUT2D eigenvalue weighted by molar-refractivity contribution is 5.77. The molecule has 5 heteroatoms. The summed E-state index contributed by atoms with van der Waals surface area (Å²) in [6, 6.07) is 18.0. The Morgan fingerprint density at radius 2 is 1.96 bits per heavy atom. The molecule has 1 heterocycles. The van der Waals surface area contributed by atoms with Gasteiger partial charge < -0.3 is 14.8 Å². The zero-order valence-corrected chi connectivity index (χ0v) is 15.9. The summed E-state index contributed by atoms with van der Waals surface area (Å²) in [5.74, 6) is 0.635. The molecular weight excluding hydrogens is 340 g/mol. The van der Waals surface area contributed by atoms with Crippen LogP contribution < -0.4 is 10.1 Å². The van der Waals surface area contributed by atoms with Crippen molar-refractivity contribution < 1.29 is 14.3 Å². The number of carbonyl (C=O) groups is 1. The predicted octanol–water partition coefficient (Wildman–Crippen LogP) is 2.95. The third-order valence-electron chi connectivity index (χ3n) is 4.69. The van der Waals surface area contributed by atoms with Crippen LogP contribution in [0, 0.1) is 6.92 Å². The molecule has 0 radical (unpaired) electrons. The third-order valence-corrected chi connectivity index (χ3v) is 4.69. The van der Waals surface area contributed by atoms with Gasteiger partial charge in [0.15, 0.2) is 6.61 Å². The number of nitrogens with zero attached hydrogens (tertiary/aromatic N) is 1. The minimum Gasteiger partial charge on any atom is -0.484 e. The fourth-order valence-corrected chi connectivity index (χ4v) is 3.14. The lowest BCUT2D eigenvalue weighted by atomic mass is 10.1. The van der Waals surface area contributed by atoms with E-state index in [1.54, 1.807) is 0 Å². The van der Waals surface area contributed by atoms with Crippen LogP contribution in [0.4, 0.5) is 0 Å². The molecule has 27 heavy (non-hydrogen) atoms. The van der Waals surface area contributed by atoms with Crippen molar-refractivity contribution in [3.8, 4) is 5.75 Å². The van der Waals surface area contributed by atoms with E-state index in [1.807, 2.05) is 49.4 Å². The van der Waals surface area contributed by atoms with Gasteiger partial charge >= 0.3 is 0 Å². The number of amides is 1. The Labute approximate surface area is 161 Å². The molecule has 2 aromatic carbocycles. The Kier molecular flexibility index (Phi) is 7.25. The largest absolute Gasteiger partial charge is 0.484 e. The van der Waals surface area contributed by atoms with Crippen molar-refractivity contribution >= 4 is 5.91 Å². The van der Waals surface area contributed by atoms with E-state index in [1.165, 1.54) is 11.1 Å². The molecule has 1 aliphatic heterocycles. The van der Waals surface area contributed by atoms with Crippen molar-refractivity contribution in [1.82, 2.24) is 10.2 Å². The standard InChI is InChI=1S/C22H28N2O3/c1-18-8-10-20(11-9-18)27-17-22(25)23-12-5-13-24-14-15-26-21(16-24)19-6-3-2-4-7-19/h2-4,6-11,21H,5,12-17H2,1H3,(H,23,25)/t21-/m1/s1. The zero-order chi connectivity index (χ0) is 18.9. The van der Waals surface area contributed by atoms with Gasteiger partial charge in [-0.15, -0.1) is 0 Å². The van der Waals surface area contributed by atoms with Gasteiger partial charge in [0.2, 0.25) is 0 Å². The topological polar surface area (TPSA) is 50.8 Å². The first-order valence-electron chi connectivity index (χ1n) is 9.56. The summed E-state index contributed by atoms with van der Waals surface area (Å²) in [6.07, 6.45) is 1.05. The van der Waals surface area contributed by atoms with Crippen LogP contribution >= 0.6 is 0 Å². The SMILES string of the molecule is Cc1ccc(OCC(=O)NCCCN2CCO[C@@H](c3ccccc3)C2)cc1. The first-order chi connectivity index (χ1) is 13.2. The van der Waals surface area contributed by atoms with Gasteiger partial charge in [0, 0.05) is 26.2 Å². The summed E-state index contributed by atoms with van der Waals surface area (Å²) in [7, 11) is 0. The average molecular weight is 368 g/mol. The highest BCUT2D eigenvalue weighted by Gasteiger charge is 2.21. The zero-order valence-electron chi connectivity index (χ0n) is 15.9. The van der Waals surface area contributed by atoms with Crippen molar-refractivity contribution in [2.45, 2.75) is 19.4 Å². The minimum absolute atomic E-state index is 0.0523. The quantitative estimate of drug-likeness (QED) is 0.728. The molecule has 3 rings (SSSR count). The van der Waals surface area contributed by atoms with Crippen molar-refractivity contribution in [3.63, 3.8) is 0 Å². The lowest BCUT2D eigenvalue weighted by Gasteiger charge is -2.33. The highest BCUT2D eigenvalue weighted by Crippen LogP contribution is 2.21. The van der Waals surface area contributed by atoms with E-state index < -0.39 is 0 Å². The molecule has 1 aliphatic rings. The molecule has 0 saturated carbocycles. The van der Waals surface area contributed by atoms with E-state index in [4.69, 9.17) is 9.47 Å². The molecule has 0 aliphatic carbocycles. The number of morpholine rings is 1. The number of benzene rings is 2. The molecule has 1 N–H and O–H groups in total. The number of hydrogen-bond donors (Lipinski definition) is 1. The first-order valence-corrected chi connectivity index (χ1v) is 9.56. The van der Waals surface area contributed by atoms with Crippen molar-refractivity contribution in [2.24, 2.45) is 0 Å². The normalized spacial score (nSPS) is 17.4. The van der Waals surface area contributed by atoms with Gasteiger partial charge in [-0.2, -0.15) is 0 Å². The lowest BCUT2D eigenvalue weighted by Crippen LogP contribution is -2.40. The second-order valence-corrected chi connectivity index (χ2v) is 6.88. The monoisotopic (exact) mass is 368 g/mol. The third kappa shape index (κ3) is 6.38. The predicted molar refractivity (Wildman–Crippen MR) is 106 cm³/mol. The fraction of sp³-hybridized carbons (Fsp3) is 0.409. The molecule has 5 nitrogen and oxygen atoms in total. The Balaban J connectivity index is 1.31. The first kappa shape index (κ1) is 19.4. The van der Waals surface area contributed by atoms with Crippen LogP contribution in [0.15, 0.2) is 54.6 Å². The number of nitrogens with one attached hydrogen (secondary N) is 1. The molecule has 0 aromatic heterocycles. The van der Waals surface area contributed by atoms with Gasteiger partial charge in [0.1, 0.15) is 5.75 Å². The Hall–Kier alpha value is -2.37. The average Bonchev–Trinajstić information content (AvgIpc) is 2.72. The molecule has 1 amide bonds. The van der Waals surface area contributed by atoms with Crippen molar-refractivity contribution in [1.29, 1.82) is 0 Å². The van der Waals surface area contributed by atoms with E-state index in [0.29, 0.717) is 6.54 Å². The number of ether oxygens (including phenoxy) is 2. The highest BCUT2D eigenvalue weighted by atomic mass is 16.5. The van der Waals surface area contributed by atoms with E-state index in [2.05, 4.69) is 22.3 Å². The number of hydrogen-bond acceptors (Lipinski definition) is 4. The van der Waals surface area contributed by atoms with Crippen LogP contribution in [0.2, 0.25) is 0 Å². The van der Waals surface area contributed by atoms with Crippen LogP contribution in [0.25, 0.3) is 0 Å². The molecular formula is C22H28N2O3. The Morgan fingerprint density at radius 3 is 2.74 bits per heavy atom. The van der Waals surface area contributed by atoms with Gasteiger partial charge in [0.05, 0.1) is 12.7 Å². The number of aryl methyl sites for hydroxylation is 1. The van der Waals surface area contributed by atoms with E-state index in [-0.39, 0.29) is 18.6 Å².